The van der Waals surface area contributed by atoms with Gasteiger partial charge in [0.25, 0.3) is 5.91 Å². The first-order valence-electron chi connectivity index (χ1n) is 7.77. The van der Waals surface area contributed by atoms with E-state index in [1.807, 2.05) is 31.2 Å². The number of benzene rings is 2. The van der Waals surface area contributed by atoms with Crippen LogP contribution < -0.4 is 16.8 Å². The number of amides is 1. The van der Waals surface area contributed by atoms with Crippen LogP contribution in [0.3, 0.4) is 0 Å². The first kappa shape index (κ1) is 17.1. The molecule has 0 aliphatic carbocycles. The lowest BCUT2D eigenvalue weighted by Gasteiger charge is -2.21. The monoisotopic (exact) mass is 355 g/mol. The quantitative estimate of drug-likeness (QED) is 0.652. The SMILES string of the molecule is Cc1ccc(Cl)cc1[C@@H](CN)Nc1ncnc2c(C(N)=O)cccc12. The highest BCUT2D eigenvalue weighted by Crippen LogP contribution is 2.28. The standard InChI is InChI=1S/C18H18ClN5O/c1-10-5-6-11(19)7-14(10)15(8-20)24-18-13-4-2-3-12(17(21)25)16(13)22-9-23-18/h2-7,9,15H,8,20H2,1H3,(H2,21,25)(H,22,23,24)/t15-/m1/s1. The second-order valence-electron chi connectivity index (χ2n) is 5.72. The average molecular weight is 356 g/mol. The van der Waals surface area contributed by atoms with Gasteiger partial charge >= 0.3 is 0 Å². The normalized spacial score (nSPS) is 12.1. The Bertz CT molecular complexity index is 944. The van der Waals surface area contributed by atoms with Gasteiger partial charge in [-0.3, -0.25) is 4.79 Å². The van der Waals surface area contributed by atoms with Gasteiger partial charge in [0.15, 0.2) is 0 Å². The Hall–Kier alpha value is -2.70. The predicted octanol–water partition coefficient (Wildman–Crippen LogP) is 2.80. The Morgan fingerprint density at radius 2 is 2.08 bits per heavy atom. The van der Waals surface area contributed by atoms with Crippen LogP contribution in [0, 0.1) is 6.92 Å². The third-order valence-electron chi connectivity index (χ3n) is 4.09. The maximum Gasteiger partial charge on any atom is 0.250 e. The molecule has 0 spiro atoms. The molecule has 3 rings (SSSR count). The molecular weight excluding hydrogens is 338 g/mol. The van der Waals surface area contributed by atoms with Gasteiger partial charge in [0.05, 0.1) is 17.1 Å². The summed E-state index contributed by atoms with van der Waals surface area (Å²) in [4.78, 5) is 20.1. The van der Waals surface area contributed by atoms with Gasteiger partial charge in [-0.2, -0.15) is 0 Å². The molecule has 2 aromatic carbocycles. The molecule has 0 saturated carbocycles. The summed E-state index contributed by atoms with van der Waals surface area (Å²) in [7, 11) is 0. The number of nitrogens with two attached hydrogens (primary N) is 2. The number of hydrogen-bond acceptors (Lipinski definition) is 5. The summed E-state index contributed by atoms with van der Waals surface area (Å²) in [6.45, 7) is 2.35. The van der Waals surface area contributed by atoms with Crippen molar-refractivity contribution in [1.29, 1.82) is 0 Å². The highest BCUT2D eigenvalue weighted by molar-refractivity contribution is 6.30. The number of carbonyl (C=O) groups excluding carboxylic acids is 1. The number of nitrogens with one attached hydrogen (secondary N) is 1. The Kier molecular flexibility index (Phi) is 4.83. The molecule has 0 aliphatic heterocycles. The van der Waals surface area contributed by atoms with E-state index in [9.17, 15) is 4.79 Å². The van der Waals surface area contributed by atoms with Gasteiger partial charge in [-0.25, -0.2) is 9.97 Å². The predicted molar refractivity (Wildman–Crippen MR) is 99.7 cm³/mol. The maximum absolute atomic E-state index is 11.6. The van der Waals surface area contributed by atoms with Crippen LogP contribution in [-0.4, -0.2) is 22.4 Å². The van der Waals surface area contributed by atoms with E-state index < -0.39 is 5.91 Å². The molecule has 3 aromatic rings. The van der Waals surface area contributed by atoms with Crippen molar-refractivity contribution in [3.8, 4) is 0 Å². The molecule has 0 unspecified atom stereocenters. The average Bonchev–Trinajstić information content (AvgIpc) is 2.61. The van der Waals surface area contributed by atoms with Gasteiger partial charge in [-0.15, -0.1) is 0 Å². The summed E-state index contributed by atoms with van der Waals surface area (Å²) >= 11 is 6.13. The van der Waals surface area contributed by atoms with Crippen LogP contribution in [-0.2, 0) is 0 Å². The van der Waals surface area contributed by atoms with Crippen molar-refractivity contribution in [2.24, 2.45) is 11.5 Å². The van der Waals surface area contributed by atoms with Gasteiger partial charge in [0.1, 0.15) is 12.1 Å². The Labute approximate surface area is 150 Å². The van der Waals surface area contributed by atoms with E-state index in [1.165, 1.54) is 6.33 Å². The Morgan fingerprint density at radius 3 is 2.80 bits per heavy atom. The molecule has 0 saturated heterocycles. The van der Waals surface area contributed by atoms with Crippen molar-refractivity contribution in [3.05, 3.63) is 64.4 Å². The molecule has 6 nitrogen and oxygen atoms in total. The summed E-state index contributed by atoms with van der Waals surface area (Å²) in [6, 6.07) is 10.7. The van der Waals surface area contributed by atoms with Crippen molar-refractivity contribution < 1.29 is 4.79 Å². The molecule has 5 N–H and O–H groups in total. The second kappa shape index (κ2) is 7.04. The van der Waals surface area contributed by atoms with Crippen LogP contribution in [0.25, 0.3) is 10.9 Å². The van der Waals surface area contributed by atoms with Gasteiger partial charge in [-0.05, 0) is 42.3 Å². The zero-order chi connectivity index (χ0) is 18.0. The lowest BCUT2D eigenvalue weighted by molar-refractivity contribution is 0.100. The van der Waals surface area contributed by atoms with Crippen molar-refractivity contribution in [1.82, 2.24) is 9.97 Å². The molecule has 7 heteroatoms. The molecule has 0 bridgehead atoms. The zero-order valence-corrected chi connectivity index (χ0v) is 14.4. The number of hydrogen-bond donors (Lipinski definition) is 3. The van der Waals surface area contributed by atoms with Gasteiger partial charge < -0.3 is 16.8 Å². The highest BCUT2D eigenvalue weighted by Gasteiger charge is 2.16. The molecule has 0 radical (unpaired) electrons. The molecule has 128 valence electrons. The molecule has 1 atom stereocenters. The summed E-state index contributed by atoms with van der Waals surface area (Å²) in [5.74, 6) is 0.0548. The first-order chi connectivity index (χ1) is 12.0. The number of anilines is 1. The van der Waals surface area contributed by atoms with Crippen LogP contribution in [0.5, 0.6) is 0 Å². The van der Waals surface area contributed by atoms with Crippen LogP contribution in [0.2, 0.25) is 5.02 Å². The minimum atomic E-state index is -0.531. The number of aromatic nitrogens is 2. The van der Waals surface area contributed by atoms with Crippen molar-refractivity contribution in [2.45, 2.75) is 13.0 Å². The van der Waals surface area contributed by atoms with Crippen LogP contribution >= 0.6 is 11.6 Å². The van der Waals surface area contributed by atoms with E-state index >= 15 is 0 Å². The number of nitrogens with zero attached hydrogens (tertiary/aromatic N) is 2. The maximum atomic E-state index is 11.6. The summed E-state index contributed by atoms with van der Waals surface area (Å²) in [5, 5.41) is 4.68. The number of carbonyl (C=O) groups is 1. The molecule has 1 heterocycles. The third kappa shape index (κ3) is 3.40. The Balaban J connectivity index is 2.06. The van der Waals surface area contributed by atoms with Crippen LogP contribution in [0.4, 0.5) is 5.82 Å². The van der Waals surface area contributed by atoms with Gasteiger partial charge in [0, 0.05) is 17.0 Å². The summed E-state index contributed by atoms with van der Waals surface area (Å²) in [5.41, 5.74) is 14.3. The molecule has 0 aliphatic rings. The summed E-state index contributed by atoms with van der Waals surface area (Å²) in [6.07, 6.45) is 1.40. The molecular formula is C18H18ClN5O. The number of aryl methyl sites for hydroxylation is 1. The second-order valence-corrected chi connectivity index (χ2v) is 6.16. The van der Waals surface area contributed by atoms with E-state index in [1.54, 1.807) is 12.1 Å². The number of rotatable bonds is 5. The van der Waals surface area contributed by atoms with E-state index in [-0.39, 0.29) is 6.04 Å². The lowest BCUT2D eigenvalue weighted by atomic mass is 10.0. The fraction of sp³-hybridized carbons (Fsp3) is 0.167. The topological polar surface area (TPSA) is 107 Å². The fourth-order valence-corrected chi connectivity index (χ4v) is 3.00. The number of halogens is 1. The van der Waals surface area contributed by atoms with Crippen LogP contribution in [0.1, 0.15) is 27.5 Å². The fourth-order valence-electron chi connectivity index (χ4n) is 2.82. The molecule has 25 heavy (non-hydrogen) atoms. The zero-order valence-electron chi connectivity index (χ0n) is 13.7. The van der Waals surface area contributed by atoms with Gasteiger partial charge in [0.2, 0.25) is 0 Å². The Morgan fingerprint density at radius 1 is 1.28 bits per heavy atom. The van der Waals surface area contributed by atoms with E-state index in [2.05, 4.69) is 15.3 Å². The minimum Gasteiger partial charge on any atom is -0.366 e. The highest BCUT2D eigenvalue weighted by atomic mass is 35.5. The molecule has 1 amide bonds. The summed E-state index contributed by atoms with van der Waals surface area (Å²) < 4.78 is 0. The van der Waals surface area contributed by atoms with E-state index in [0.29, 0.717) is 33.9 Å². The third-order valence-corrected chi connectivity index (χ3v) is 4.33. The minimum absolute atomic E-state index is 0.186. The smallest absolute Gasteiger partial charge is 0.250 e. The number of primary amides is 1. The lowest BCUT2D eigenvalue weighted by Crippen LogP contribution is -2.22. The van der Waals surface area contributed by atoms with Crippen molar-refractivity contribution in [3.63, 3.8) is 0 Å². The number of fused-ring (bicyclic) bond motifs is 1. The molecule has 1 aromatic heterocycles. The largest absolute Gasteiger partial charge is 0.366 e. The van der Waals surface area contributed by atoms with E-state index in [0.717, 1.165) is 11.1 Å². The first-order valence-corrected chi connectivity index (χ1v) is 8.15. The van der Waals surface area contributed by atoms with E-state index in [4.69, 9.17) is 23.1 Å². The van der Waals surface area contributed by atoms with Crippen molar-refractivity contribution in [2.75, 3.05) is 11.9 Å². The van der Waals surface area contributed by atoms with Crippen molar-refractivity contribution >= 4 is 34.2 Å². The van der Waals surface area contributed by atoms with Gasteiger partial charge in [-0.1, -0.05) is 23.7 Å². The number of para-hydroxylation sites is 1. The van der Waals surface area contributed by atoms with Crippen LogP contribution in [0.15, 0.2) is 42.7 Å². The molecule has 0 fully saturated rings.